The number of hydrogen-bond acceptors (Lipinski definition) is 6. The van der Waals surface area contributed by atoms with Gasteiger partial charge in [-0.05, 0) is 38.5 Å². The summed E-state index contributed by atoms with van der Waals surface area (Å²) in [4.78, 5) is 42.8. The van der Waals surface area contributed by atoms with Crippen LogP contribution in [0.3, 0.4) is 0 Å². The average molecular weight is 745 g/mol. The van der Waals surface area contributed by atoms with Crippen molar-refractivity contribution in [2.24, 2.45) is 0 Å². The van der Waals surface area contributed by atoms with Crippen LogP contribution in [0.5, 0.6) is 0 Å². The first-order valence-electron chi connectivity index (χ1n) is 21.5. The first-order chi connectivity index (χ1) is 24.8. The zero-order valence-electron chi connectivity index (χ0n) is 33.3. The van der Waals surface area contributed by atoms with Gasteiger partial charge in [-0.15, -0.1) is 0 Å². The molecule has 51 heavy (non-hydrogen) atoms. The molecule has 0 aromatic heterocycles. The van der Waals surface area contributed by atoms with Crippen LogP contribution >= 0.6 is 7.82 Å². The lowest BCUT2D eigenvalue weighted by atomic mass is 10.0. The highest BCUT2D eigenvalue weighted by molar-refractivity contribution is 7.46. The molecule has 0 fully saturated rings. The molecular weight excluding hydrogens is 663 g/mol. The standard InChI is InChI=1S/C42H81O8P/c1-3-5-7-9-11-13-15-17-18-19-20-21-22-23-24-25-27-29-31-33-35-37-42(44)50-40(39-49-51(45,46)47)38-48-41(43)36-34-32-30-28-26-16-14-12-10-8-6-4-2/h19-20,40H,3-18,21-39H2,1-2H3,(H2,45,46,47)/b20-19-. The van der Waals surface area contributed by atoms with E-state index < -0.39 is 32.5 Å². The Kier molecular flexibility index (Phi) is 37.6. The molecule has 0 saturated carbocycles. The van der Waals surface area contributed by atoms with Crippen molar-refractivity contribution in [2.75, 3.05) is 13.2 Å². The third kappa shape index (κ3) is 41.4. The maximum absolute atomic E-state index is 12.4. The van der Waals surface area contributed by atoms with E-state index >= 15 is 0 Å². The summed E-state index contributed by atoms with van der Waals surface area (Å²) >= 11 is 0. The number of allylic oxidation sites excluding steroid dienone is 2. The lowest BCUT2D eigenvalue weighted by Crippen LogP contribution is -2.29. The van der Waals surface area contributed by atoms with E-state index in [1.54, 1.807) is 0 Å². The Morgan fingerprint density at radius 3 is 1.20 bits per heavy atom. The first kappa shape index (κ1) is 49.8. The largest absolute Gasteiger partial charge is 0.469 e. The minimum atomic E-state index is -4.75. The van der Waals surface area contributed by atoms with Crippen LogP contribution in [0.4, 0.5) is 0 Å². The fraction of sp³-hybridized carbons (Fsp3) is 0.905. The minimum absolute atomic E-state index is 0.214. The van der Waals surface area contributed by atoms with E-state index in [0.717, 1.165) is 38.5 Å². The van der Waals surface area contributed by atoms with Gasteiger partial charge in [-0.1, -0.05) is 187 Å². The van der Waals surface area contributed by atoms with Crippen LogP contribution in [0.25, 0.3) is 0 Å². The molecule has 8 nitrogen and oxygen atoms in total. The number of unbranched alkanes of at least 4 members (excludes halogenated alkanes) is 28. The summed E-state index contributed by atoms with van der Waals surface area (Å²) in [5.74, 6) is -0.876. The van der Waals surface area contributed by atoms with E-state index in [2.05, 4.69) is 30.5 Å². The van der Waals surface area contributed by atoms with Crippen molar-refractivity contribution >= 4 is 19.8 Å². The highest BCUT2D eigenvalue weighted by Crippen LogP contribution is 2.36. The van der Waals surface area contributed by atoms with Crippen molar-refractivity contribution in [3.8, 4) is 0 Å². The van der Waals surface area contributed by atoms with Gasteiger partial charge in [0.2, 0.25) is 0 Å². The Bertz CT molecular complexity index is 843. The molecule has 0 aliphatic heterocycles. The smallest absolute Gasteiger partial charge is 0.462 e. The fourth-order valence-electron chi connectivity index (χ4n) is 6.31. The molecule has 0 aliphatic rings. The van der Waals surface area contributed by atoms with E-state index in [9.17, 15) is 14.2 Å². The molecule has 0 aromatic rings. The topological polar surface area (TPSA) is 119 Å². The van der Waals surface area contributed by atoms with Gasteiger partial charge in [-0.3, -0.25) is 14.1 Å². The zero-order valence-corrected chi connectivity index (χ0v) is 34.2. The van der Waals surface area contributed by atoms with Gasteiger partial charge in [0.15, 0.2) is 6.10 Å². The summed E-state index contributed by atoms with van der Waals surface area (Å²) in [6, 6.07) is 0. The third-order valence-corrected chi connectivity index (χ3v) is 10.0. The van der Waals surface area contributed by atoms with Crippen LogP contribution in [-0.2, 0) is 28.2 Å². The Labute approximate surface area is 314 Å². The van der Waals surface area contributed by atoms with Gasteiger partial charge in [-0.2, -0.15) is 0 Å². The molecule has 0 amide bonds. The molecule has 1 unspecified atom stereocenters. The van der Waals surface area contributed by atoms with Gasteiger partial charge >= 0.3 is 19.8 Å². The zero-order chi connectivity index (χ0) is 37.5. The van der Waals surface area contributed by atoms with Crippen molar-refractivity contribution in [1.29, 1.82) is 0 Å². The van der Waals surface area contributed by atoms with Crippen molar-refractivity contribution in [2.45, 2.75) is 232 Å². The van der Waals surface area contributed by atoms with E-state index in [0.29, 0.717) is 6.42 Å². The summed E-state index contributed by atoms with van der Waals surface area (Å²) in [6.45, 7) is 3.70. The lowest BCUT2D eigenvalue weighted by Gasteiger charge is -2.18. The number of rotatable bonds is 40. The number of hydrogen-bond donors (Lipinski definition) is 2. The number of phosphoric ester groups is 1. The average Bonchev–Trinajstić information content (AvgIpc) is 3.10. The number of carbonyl (C=O) groups is 2. The predicted molar refractivity (Wildman–Crippen MR) is 212 cm³/mol. The molecule has 0 heterocycles. The van der Waals surface area contributed by atoms with E-state index in [-0.39, 0.29) is 19.4 Å². The highest BCUT2D eigenvalue weighted by atomic mass is 31.2. The molecule has 0 rings (SSSR count). The molecular formula is C42H81O8P. The maximum Gasteiger partial charge on any atom is 0.469 e. The van der Waals surface area contributed by atoms with Gasteiger partial charge in [-0.25, -0.2) is 4.57 Å². The summed E-state index contributed by atoms with van der Waals surface area (Å²) in [5, 5.41) is 0. The molecule has 0 radical (unpaired) electrons. The van der Waals surface area contributed by atoms with Crippen molar-refractivity contribution in [3.63, 3.8) is 0 Å². The summed E-state index contributed by atoms with van der Waals surface area (Å²) in [7, 11) is -4.75. The van der Waals surface area contributed by atoms with Gasteiger partial charge in [0.1, 0.15) is 6.61 Å². The second-order valence-corrected chi connectivity index (χ2v) is 15.9. The molecule has 0 aromatic carbocycles. The van der Waals surface area contributed by atoms with Gasteiger partial charge < -0.3 is 19.3 Å². The fourth-order valence-corrected chi connectivity index (χ4v) is 6.67. The first-order valence-corrected chi connectivity index (χ1v) is 23.0. The van der Waals surface area contributed by atoms with E-state index in [1.165, 1.54) is 154 Å². The molecule has 0 aliphatic carbocycles. The molecule has 9 heteroatoms. The van der Waals surface area contributed by atoms with Crippen molar-refractivity contribution in [3.05, 3.63) is 12.2 Å². The quantitative estimate of drug-likeness (QED) is 0.0275. The van der Waals surface area contributed by atoms with E-state index in [4.69, 9.17) is 19.3 Å². The Hall–Kier alpha value is -1.21. The minimum Gasteiger partial charge on any atom is -0.462 e. The summed E-state index contributed by atoms with van der Waals surface area (Å²) < 4.78 is 26.4. The predicted octanol–water partition coefficient (Wildman–Crippen LogP) is 13.0. The SMILES string of the molecule is CCCCCCCCCC/C=C\CCCCCCCCCCCC(=O)OC(COC(=O)CCCCCCCCCCCCCC)COP(=O)(O)O. The summed E-state index contributed by atoms with van der Waals surface area (Å²) in [6.07, 6.45) is 42.2. The molecule has 0 spiro atoms. The molecule has 0 bridgehead atoms. The van der Waals surface area contributed by atoms with Crippen molar-refractivity contribution < 1.29 is 37.9 Å². The highest BCUT2D eigenvalue weighted by Gasteiger charge is 2.22. The Balaban J connectivity index is 3.84. The number of carbonyl (C=O) groups excluding carboxylic acids is 2. The molecule has 1 atom stereocenters. The normalized spacial score (nSPS) is 12.5. The second-order valence-electron chi connectivity index (χ2n) is 14.7. The van der Waals surface area contributed by atoms with Gasteiger partial charge in [0.05, 0.1) is 6.61 Å². The third-order valence-electron chi connectivity index (χ3n) is 9.53. The number of esters is 2. The van der Waals surface area contributed by atoms with Crippen molar-refractivity contribution in [1.82, 2.24) is 0 Å². The van der Waals surface area contributed by atoms with Crippen LogP contribution in [0, 0.1) is 0 Å². The van der Waals surface area contributed by atoms with Gasteiger partial charge in [0.25, 0.3) is 0 Å². The van der Waals surface area contributed by atoms with Crippen LogP contribution in [0.1, 0.15) is 226 Å². The second kappa shape index (κ2) is 38.5. The summed E-state index contributed by atoms with van der Waals surface area (Å²) in [5.41, 5.74) is 0. The van der Waals surface area contributed by atoms with E-state index in [1.807, 2.05) is 0 Å². The van der Waals surface area contributed by atoms with Crippen LogP contribution < -0.4 is 0 Å². The Morgan fingerprint density at radius 1 is 0.490 bits per heavy atom. The number of ether oxygens (including phenoxy) is 2. The van der Waals surface area contributed by atoms with Crippen LogP contribution in [-0.4, -0.2) is 41.0 Å². The molecule has 0 saturated heterocycles. The van der Waals surface area contributed by atoms with Gasteiger partial charge in [0, 0.05) is 12.8 Å². The molecule has 302 valence electrons. The van der Waals surface area contributed by atoms with Crippen LogP contribution in [0.2, 0.25) is 0 Å². The van der Waals surface area contributed by atoms with Crippen LogP contribution in [0.15, 0.2) is 12.2 Å². The number of phosphoric acid groups is 1. The Morgan fingerprint density at radius 2 is 0.824 bits per heavy atom. The maximum atomic E-state index is 12.4. The lowest BCUT2D eigenvalue weighted by molar-refractivity contribution is -0.161. The monoisotopic (exact) mass is 745 g/mol. The molecule has 2 N–H and O–H groups in total.